The van der Waals surface area contributed by atoms with Crippen LogP contribution in [0.5, 0.6) is 0 Å². The number of rotatable bonds is 1. The minimum Gasteiger partial charge on any atom is -0.443 e. The van der Waals surface area contributed by atoms with E-state index in [2.05, 4.69) is 0 Å². The van der Waals surface area contributed by atoms with E-state index in [-0.39, 0.29) is 5.69 Å². The molecule has 94 valence electrons. The third-order valence-corrected chi connectivity index (χ3v) is 2.13. The second kappa shape index (κ2) is 4.73. The molecule has 0 heterocycles. The Morgan fingerprint density at radius 3 is 2.41 bits per heavy atom. The van der Waals surface area contributed by atoms with Gasteiger partial charge in [-0.1, -0.05) is 6.07 Å². The van der Waals surface area contributed by atoms with E-state index in [1.165, 1.54) is 18.0 Å². The molecule has 0 aliphatic heterocycles. The molecule has 0 radical (unpaired) electrons. The average Bonchev–Trinajstić information content (AvgIpc) is 2.14. The maximum Gasteiger partial charge on any atom is 0.414 e. The van der Waals surface area contributed by atoms with Crippen molar-refractivity contribution in [1.29, 1.82) is 0 Å². The van der Waals surface area contributed by atoms with E-state index < -0.39 is 17.5 Å². The van der Waals surface area contributed by atoms with Gasteiger partial charge in [0.05, 0.1) is 5.69 Å². The number of carbonyl (C=O) groups is 1. The SMILES string of the molecule is Cc1ccc(N(C)C(=O)OC(C)(C)C)c(F)c1. The van der Waals surface area contributed by atoms with Crippen LogP contribution in [0, 0.1) is 12.7 Å². The number of carbonyl (C=O) groups excluding carboxylic acids is 1. The van der Waals surface area contributed by atoms with E-state index in [1.54, 1.807) is 39.8 Å². The molecule has 1 amide bonds. The summed E-state index contributed by atoms with van der Waals surface area (Å²) in [4.78, 5) is 12.9. The van der Waals surface area contributed by atoms with E-state index in [0.29, 0.717) is 0 Å². The third-order valence-electron chi connectivity index (χ3n) is 2.13. The highest BCUT2D eigenvalue weighted by atomic mass is 19.1. The van der Waals surface area contributed by atoms with Crippen LogP contribution in [-0.2, 0) is 4.74 Å². The number of anilines is 1. The van der Waals surface area contributed by atoms with Crippen LogP contribution >= 0.6 is 0 Å². The van der Waals surface area contributed by atoms with Crippen molar-refractivity contribution in [3.63, 3.8) is 0 Å². The molecular weight excluding hydrogens is 221 g/mol. The number of hydrogen-bond acceptors (Lipinski definition) is 2. The lowest BCUT2D eigenvalue weighted by Crippen LogP contribution is -2.34. The summed E-state index contributed by atoms with van der Waals surface area (Å²) in [5.74, 6) is -0.432. The second-order valence-corrected chi connectivity index (χ2v) is 4.99. The molecular formula is C13H18FNO2. The zero-order valence-electron chi connectivity index (χ0n) is 10.9. The highest BCUT2D eigenvalue weighted by Gasteiger charge is 2.22. The van der Waals surface area contributed by atoms with Gasteiger partial charge in [0, 0.05) is 7.05 Å². The number of halogens is 1. The van der Waals surface area contributed by atoms with Gasteiger partial charge < -0.3 is 4.74 Å². The Labute approximate surface area is 101 Å². The first-order chi connectivity index (χ1) is 7.70. The summed E-state index contributed by atoms with van der Waals surface area (Å²) >= 11 is 0. The van der Waals surface area contributed by atoms with E-state index in [1.807, 2.05) is 0 Å². The fraction of sp³-hybridized carbons (Fsp3) is 0.462. The van der Waals surface area contributed by atoms with Crippen molar-refractivity contribution >= 4 is 11.8 Å². The quantitative estimate of drug-likeness (QED) is 0.750. The minimum absolute atomic E-state index is 0.213. The Hall–Kier alpha value is -1.58. The summed E-state index contributed by atoms with van der Waals surface area (Å²) in [5, 5.41) is 0. The van der Waals surface area contributed by atoms with Crippen molar-refractivity contribution in [2.45, 2.75) is 33.3 Å². The van der Waals surface area contributed by atoms with Gasteiger partial charge in [-0.15, -0.1) is 0 Å². The van der Waals surface area contributed by atoms with Crippen LogP contribution in [0.25, 0.3) is 0 Å². The highest BCUT2D eigenvalue weighted by molar-refractivity contribution is 5.87. The smallest absolute Gasteiger partial charge is 0.414 e. The van der Waals surface area contributed by atoms with Crippen molar-refractivity contribution in [3.05, 3.63) is 29.6 Å². The molecule has 0 aliphatic rings. The monoisotopic (exact) mass is 239 g/mol. The molecule has 0 unspecified atom stereocenters. The number of aryl methyl sites for hydroxylation is 1. The Kier molecular flexibility index (Phi) is 3.76. The van der Waals surface area contributed by atoms with Crippen LogP contribution in [0.1, 0.15) is 26.3 Å². The van der Waals surface area contributed by atoms with Crippen LogP contribution in [0.4, 0.5) is 14.9 Å². The first-order valence-corrected chi connectivity index (χ1v) is 5.43. The molecule has 0 fully saturated rings. The summed E-state index contributed by atoms with van der Waals surface area (Å²) in [6.07, 6.45) is -0.569. The molecule has 3 nitrogen and oxygen atoms in total. The Morgan fingerprint density at radius 2 is 1.94 bits per heavy atom. The normalized spacial score (nSPS) is 11.2. The number of benzene rings is 1. The van der Waals surface area contributed by atoms with Crippen LogP contribution in [-0.4, -0.2) is 18.7 Å². The van der Waals surface area contributed by atoms with Gasteiger partial charge in [0.1, 0.15) is 11.4 Å². The first kappa shape index (κ1) is 13.5. The Balaban J connectivity index is 2.89. The maximum atomic E-state index is 13.6. The van der Waals surface area contributed by atoms with Crippen LogP contribution in [0.2, 0.25) is 0 Å². The lowest BCUT2D eigenvalue weighted by atomic mass is 10.2. The van der Waals surface area contributed by atoms with Crippen molar-refractivity contribution in [3.8, 4) is 0 Å². The molecule has 0 aromatic heterocycles. The molecule has 0 bridgehead atoms. The lowest BCUT2D eigenvalue weighted by Gasteiger charge is -2.25. The van der Waals surface area contributed by atoms with Crippen molar-refractivity contribution in [2.75, 3.05) is 11.9 Å². The molecule has 0 saturated heterocycles. The van der Waals surface area contributed by atoms with Gasteiger partial charge in [0.15, 0.2) is 0 Å². The molecule has 0 N–H and O–H groups in total. The van der Waals surface area contributed by atoms with Gasteiger partial charge in [-0.05, 0) is 45.4 Å². The number of hydrogen-bond donors (Lipinski definition) is 0. The second-order valence-electron chi connectivity index (χ2n) is 4.99. The topological polar surface area (TPSA) is 29.5 Å². The summed E-state index contributed by atoms with van der Waals surface area (Å²) < 4.78 is 18.8. The minimum atomic E-state index is -0.591. The third kappa shape index (κ3) is 3.73. The van der Waals surface area contributed by atoms with Crippen molar-refractivity contribution in [2.24, 2.45) is 0 Å². The number of amides is 1. The van der Waals surface area contributed by atoms with Crippen molar-refractivity contribution < 1.29 is 13.9 Å². The summed E-state index contributed by atoms with van der Waals surface area (Å²) in [6, 6.07) is 4.70. The van der Waals surface area contributed by atoms with E-state index >= 15 is 0 Å². The van der Waals surface area contributed by atoms with Gasteiger partial charge in [0.2, 0.25) is 0 Å². The Bertz CT molecular complexity index is 424. The van der Waals surface area contributed by atoms with E-state index in [0.717, 1.165) is 5.56 Å². The summed E-state index contributed by atoms with van der Waals surface area (Å²) in [7, 11) is 1.49. The zero-order chi connectivity index (χ0) is 13.2. The van der Waals surface area contributed by atoms with Crippen molar-refractivity contribution in [1.82, 2.24) is 0 Å². The molecule has 1 aromatic rings. The fourth-order valence-electron chi connectivity index (χ4n) is 1.31. The highest BCUT2D eigenvalue weighted by Crippen LogP contribution is 2.21. The standard InChI is InChI=1S/C13H18FNO2/c1-9-6-7-11(10(14)8-9)15(5)12(16)17-13(2,3)4/h6-8H,1-5H3. The lowest BCUT2D eigenvalue weighted by molar-refractivity contribution is 0.0588. The van der Waals surface area contributed by atoms with Crippen LogP contribution in [0.15, 0.2) is 18.2 Å². The fourth-order valence-corrected chi connectivity index (χ4v) is 1.31. The predicted molar refractivity (Wildman–Crippen MR) is 65.8 cm³/mol. The molecule has 1 rings (SSSR count). The average molecular weight is 239 g/mol. The largest absolute Gasteiger partial charge is 0.443 e. The molecule has 17 heavy (non-hydrogen) atoms. The first-order valence-electron chi connectivity index (χ1n) is 5.43. The van der Waals surface area contributed by atoms with Gasteiger partial charge in [-0.3, -0.25) is 4.90 Å². The summed E-state index contributed by atoms with van der Waals surface area (Å²) in [6.45, 7) is 7.10. The van der Waals surface area contributed by atoms with Crippen LogP contribution in [0.3, 0.4) is 0 Å². The molecule has 4 heteroatoms. The molecule has 0 atom stereocenters. The van der Waals surface area contributed by atoms with Gasteiger partial charge in [-0.2, -0.15) is 0 Å². The number of nitrogens with zero attached hydrogens (tertiary/aromatic N) is 1. The molecule has 1 aromatic carbocycles. The number of ether oxygens (including phenoxy) is 1. The predicted octanol–water partition coefficient (Wildman–Crippen LogP) is 3.51. The molecule has 0 aliphatic carbocycles. The van der Waals surface area contributed by atoms with Gasteiger partial charge in [0.25, 0.3) is 0 Å². The van der Waals surface area contributed by atoms with Crippen LogP contribution < -0.4 is 4.90 Å². The van der Waals surface area contributed by atoms with E-state index in [9.17, 15) is 9.18 Å². The van der Waals surface area contributed by atoms with Gasteiger partial charge in [-0.25, -0.2) is 9.18 Å². The zero-order valence-corrected chi connectivity index (χ0v) is 10.9. The van der Waals surface area contributed by atoms with Gasteiger partial charge >= 0.3 is 6.09 Å². The summed E-state index contributed by atoms with van der Waals surface area (Å²) in [5.41, 5.74) is 0.431. The maximum absolute atomic E-state index is 13.6. The Morgan fingerprint density at radius 1 is 1.35 bits per heavy atom. The molecule has 0 spiro atoms. The molecule has 0 saturated carbocycles. The van der Waals surface area contributed by atoms with E-state index in [4.69, 9.17) is 4.74 Å².